The van der Waals surface area contributed by atoms with Gasteiger partial charge in [0, 0.05) is 33.0 Å². The second kappa shape index (κ2) is 4.86. The molecule has 0 aromatic carbocycles. The molecule has 0 fully saturated rings. The van der Waals surface area contributed by atoms with E-state index in [4.69, 9.17) is 0 Å². The number of aromatic nitrogens is 4. The Morgan fingerprint density at radius 2 is 2.22 bits per heavy atom. The molecule has 18 heavy (non-hydrogen) atoms. The first kappa shape index (κ1) is 12.7. The summed E-state index contributed by atoms with van der Waals surface area (Å²) in [5.74, 6) is 0.514. The van der Waals surface area contributed by atoms with Crippen molar-refractivity contribution in [2.75, 3.05) is 31.7 Å². The van der Waals surface area contributed by atoms with E-state index in [9.17, 15) is 8.42 Å². The summed E-state index contributed by atoms with van der Waals surface area (Å²) >= 11 is 0. The Bertz CT molecular complexity index is 635. The Kier molecular flexibility index (Phi) is 3.43. The Labute approximate surface area is 105 Å². The smallest absolute Gasteiger partial charge is 0.215 e. The minimum atomic E-state index is -3.21. The first-order valence-electron chi connectivity index (χ1n) is 5.29. The molecule has 2 aromatic heterocycles. The highest BCUT2D eigenvalue weighted by molar-refractivity contribution is 7.89. The highest BCUT2D eigenvalue weighted by atomic mass is 32.2. The lowest BCUT2D eigenvalue weighted by Gasteiger charge is -2.11. The van der Waals surface area contributed by atoms with E-state index in [0.717, 1.165) is 0 Å². The fourth-order valence-electron chi connectivity index (χ4n) is 1.36. The maximum absolute atomic E-state index is 11.6. The van der Waals surface area contributed by atoms with Crippen LogP contribution >= 0.6 is 0 Å². The van der Waals surface area contributed by atoms with Gasteiger partial charge in [-0.15, -0.1) is 10.2 Å². The van der Waals surface area contributed by atoms with E-state index in [0.29, 0.717) is 11.5 Å². The summed E-state index contributed by atoms with van der Waals surface area (Å²) in [6.45, 7) is 0.264. The van der Waals surface area contributed by atoms with Gasteiger partial charge in [-0.2, -0.15) is 0 Å². The van der Waals surface area contributed by atoms with Crippen molar-refractivity contribution in [1.82, 2.24) is 23.9 Å². The first-order valence-corrected chi connectivity index (χ1v) is 6.90. The van der Waals surface area contributed by atoms with Gasteiger partial charge in [0.15, 0.2) is 5.82 Å². The zero-order chi connectivity index (χ0) is 13.2. The second-order valence-electron chi connectivity index (χ2n) is 3.86. The summed E-state index contributed by atoms with van der Waals surface area (Å²) in [5, 5.41) is 10.6. The predicted molar refractivity (Wildman–Crippen MR) is 66.7 cm³/mol. The van der Waals surface area contributed by atoms with Crippen LogP contribution < -0.4 is 5.32 Å². The molecule has 2 heterocycles. The van der Waals surface area contributed by atoms with Crippen LogP contribution in [0.5, 0.6) is 0 Å². The number of fused-ring (bicyclic) bond motifs is 1. The molecule has 0 bridgehead atoms. The molecule has 0 aliphatic carbocycles. The number of nitrogens with zero attached hydrogens (tertiary/aromatic N) is 5. The van der Waals surface area contributed by atoms with E-state index < -0.39 is 10.0 Å². The molecule has 2 rings (SSSR count). The Balaban J connectivity index is 2.05. The molecule has 2 aromatic rings. The normalized spacial score (nSPS) is 12.2. The van der Waals surface area contributed by atoms with E-state index in [1.54, 1.807) is 23.1 Å². The number of anilines is 1. The van der Waals surface area contributed by atoms with Crippen molar-refractivity contribution in [2.45, 2.75) is 0 Å². The van der Waals surface area contributed by atoms with Gasteiger partial charge in [-0.3, -0.25) is 4.40 Å². The van der Waals surface area contributed by atoms with Crippen LogP contribution in [0.3, 0.4) is 0 Å². The van der Waals surface area contributed by atoms with Gasteiger partial charge in [-0.1, -0.05) is 0 Å². The average Bonchev–Trinajstić information content (AvgIpc) is 2.77. The van der Waals surface area contributed by atoms with Crippen molar-refractivity contribution in [1.29, 1.82) is 0 Å². The van der Waals surface area contributed by atoms with E-state index in [2.05, 4.69) is 20.5 Å². The second-order valence-corrected chi connectivity index (χ2v) is 6.17. The zero-order valence-electron chi connectivity index (χ0n) is 10.1. The van der Waals surface area contributed by atoms with Gasteiger partial charge < -0.3 is 5.32 Å². The minimum absolute atomic E-state index is 0.00310. The molecule has 0 radical (unpaired) electrons. The summed E-state index contributed by atoms with van der Waals surface area (Å²) in [4.78, 5) is 4.10. The van der Waals surface area contributed by atoms with Crippen molar-refractivity contribution in [3.8, 4) is 0 Å². The van der Waals surface area contributed by atoms with Crippen LogP contribution in [-0.4, -0.2) is 58.7 Å². The fraction of sp³-hybridized carbons (Fsp3) is 0.444. The fourth-order valence-corrected chi connectivity index (χ4v) is 2.09. The number of sulfonamides is 1. The summed E-state index contributed by atoms with van der Waals surface area (Å²) in [7, 11) is -0.194. The molecule has 0 saturated heterocycles. The Morgan fingerprint density at radius 1 is 1.44 bits per heavy atom. The van der Waals surface area contributed by atoms with Gasteiger partial charge in [0.2, 0.25) is 15.7 Å². The third-order valence-corrected chi connectivity index (χ3v) is 4.26. The maximum atomic E-state index is 11.6. The molecule has 0 aliphatic heterocycles. The van der Waals surface area contributed by atoms with Crippen molar-refractivity contribution >= 4 is 21.5 Å². The summed E-state index contributed by atoms with van der Waals surface area (Å²) in [6, 6.07) is 0. The number of rotatable bonds is 5. The van der Waals surface area contributed by atoms with Crippen molar-refractivity contribution in [3.63, 3.8) is 0 Å². The molecule has 0 amide bonds. The molecule has 0 unspecified atom stereocenters. The SMILES string of the molecule is CN(C)S(=O)(=O)CCNc1nccn2cnnc12. The Hall–Kier alpha value is -1.74. The number of hydrogen-bond acceptors (Lipinski definition) is 6. The maximum Gasteiger partial charge on any atom is 0.215 e. The molecule has 8 nitrogen and oxygen atoms in total. The Morgan fingerprint density at radius 3 is 2.94 bits per heavy atom. The van der Waals surface area contributed by atoms with E-state index in [1.165, 1.54) is 18.4 Å². The highest BCUT2D eigenvalue weighted by Crippen LogP contribution is 2.09. The molecular weight excluding hydrogens is 256 g/mol. The van der Waals surface area contributed by atoms with Crippen LogP contribution in [0.25, 0.3) is 5.65 Å². The lowest BCUT2D eigenvalue weighted by molar-refractivity contribution is 0.521. The lowest BCUT2D eigenvalue weighted by Crippen LogP contribution is -2.28. The largest absolute Gasteiger partial charge is 0.366 e. The monoisotopic (exact) mass is 270 g/mol. The third kappa shape index (κ3) is 2.57. The van der Waals surface area contributed by atoms with Gasteiger partial charge >= 0.3 is 0 Å². The quantitative estimate of drug-likeness (QED) is 0.782. The van der Waals surface area contributed by atoms with E-state index >= 15 is 0 Å². The van der Waals surface area contributed by atoms with Crippen LogP contribution in [0, 0.1) is 0 Å². The van der Waals surface area contributed by atoms with Gasteiger partial charge in [-0.05, 0) is 0 Å². The standard InChI is InChI=1S/C9H14N6O2S/c1-14(2)18(16,17)6-4-11-8-9-13-12-7-15(9)5-3-10-8/h3,5,7H,4,6H2,1-2H3,(H,10,11). The van der Waals surface area contributed by atoms with Gasteiger partial charge in [0.05, 0.1) is 5.75 Å². The van der Waals surface area contributed by atoms with E-state index in [1.807, 2.05) is 0 Å². The summed E-state index contributed by atoms with van der Waals surface area (Å²) in [5.41, 5.74) is 0.569. The van der Waals surface area contributed by atoms with Crippen LogP contribution in [0.2, 0.25) is 0 Å². The molecule has 0 spiro atoms. The summed E-state index contributed by atoms with van der Waals surface area (Å²) < 4.78 is 26.0. The number of hydrogen-bond donors (Lipinski definition) is 1. The van der Waals surface area contributed by atoms with Crippen LogP contribution in [0.15, 0.2) is 18.7 Å². The van der Waals surface area contributed by atoms with Crippen LogP contribution in [0.4, 0.5) is 5.82 Å². The molecule has 0 saturated carbocycles. The lowest BCUT2D eigenvalue weighted by atomic mass is 10.6. The first-order chi connectivity index (χ1) is 8.50. The molecule has 1 N–H and O–H groups in total. The number of nitrogens with one attached hydrogen (secondary N) is 1. The van der Waals surface area contributed by atoms with Gasteiger partial charge in [0.25, 0.3) is 0 Å². The zero-order valence-corrected chi connectivity index (χ0v) is 10.9. The molecule has 0 atom stereocenters. The van der Waals surface area contributed by atoms with Crippen LogP contribution in [0.1, 0.15) is 0 Å². The molecular formula is C9H14N6O2S. The third-order valence-electron chi connectivity index (χ3n) is 2.42. The topological polar surface area (TPSA) is 92.5 Å². The van der Waals surface area contributed by atoms with Crippen molar-refractivity contribution < 1.29 is 8.42 Å². The van der Waals surface area contributed by atoms with Crippen molar-refractivity contribution in [2.24, 2.45) is 0 Å². The minimum Gasteiger partial charge on any atom is -0.366 e. The average molecular weight is 270 g/mol. The molecule has 9 heteroatoms. The van der Waals surface area contributed by atoms with Crippen LogP contribution in [-0.2, 0) is 10.0 Å². The summed E-state index contributed by atoms with van der Waals surface area (Å²) in [6.07, 6.45) is 4.87. The predicted octanol–water partition coefficient (Wildman–Crippen LogP) is -0.572. The van der Waals surface area contributed by atoms with Crippen molar-refractivity contribution in [3.05, 3.63) is 18.7 Å². The van der Waals surface area contributed by atoms with E-state index in [-0.39, 0.29) is 12.3 Å². The van der Waals surface area contributed by atoms with Gasteiger partial charge in [-0.25, -0.2) is 17.7 Å². The van der Waals surface area contributed by atoms with Gasteiger partial charge in [0.1, 0.15) is 6.33 Å². The molecule has 98 valence electrons. The molecule has 0 aliphatic rings. The highest BCUT2D eigenvalue weighted by Gasteiger charge is 2.13.